The highest BCUT2D eigenvalue weighted by molar-refractivity contribution is 6.42. The zero-order chi connectivity index (χ0) is 19.8. The van der Waals surface area contributed by atoms with E-state index < -0.39 is 11.1 Å². The Balaban J connectivity index is 1.88. The Kier molecular flexibility index (Phi) is 4.66. The number of nitrogens with zero attached hydrogens (tertiary/aromatic N) is 2. The highest BCUT2D eigenvalue weighted by Crippen LogP contribution is 2.39. The van der Waals surface area contributed by atoms with E-state index in [0.717, 1.165) is 0 Å². The minimum Gasteiger partial charge on any atom is -0.360 e. The zero-order valence-corrected chi connectivity index (χ0v) is 15.8. The zero-order valence-electron chi connectivity index (χ0n) is 14.3. The van der Waals surface area contributed by atoms with Gasteiger partial charge in [-0.05, 0) is 30.3 Å². The molecule has 0 fully saturated rings. The fourth-order valence-electron chi connectivity index (χ4n) is 3.20. The van der Waals surface area contributed by atoms with Crippen LogP contribution in [0.25, 0.3) is 0 Å². The number of fused-ring (bicyclic) bond motifs is 1. The Bertz CT molecular complexity index is 1100. The summed E-state index contributed by atoms with van der Waals surface area (Å²) in [6.07, 6.45) is -0.653. The summed E-state index contributed by atoms with van der Waals surface area (Å²) < 4.78 is 0. The first kappa shape index (κ1) is 18.3. The molecule has 1 aliphatic heterocycles. The van der Waals surface area contributed by atoms with Crippen molar-refractivity contribution < 1.29 is 9.72 Å². The number of nitro groups is 1. The summed E-state index contributed by atoms with van der Waals surface area (Å²) in [4.78, 5) is 25.5. The van der Waals surface area contributed by atoms with Crippen LogP contribution in [-0.4, -0.2) is 10.8 Å². The number of para-hydroxylation sites is 1. The predicted molar refractivity (Wildman–Crippen MR) is 109 cm³/mol. The number of benzene rings is 3. The summed E-state index contributed by atoms with van der Waals surface area (Å²) in [6, 6.07) is 18.2. The number of carbonyl (C=O) groups is 1. The van der Waals surface area contributed by atoms with E-state index in [4.69, 9.17) is 23.2 Å². The molecule has 1 amide bonds. The van der Waals surface area contributed by atoms with Gasteiger partial charge in [0.15, 0.2) is 0 Å². The van der Waals surface area contributed by atoms with Crippen LogP contribution in [0.3, 0.4) is 0 Å². The average molecular weight is 414 g/mol. The SMILES string of the molecule is O=C1c2ccccc2NC(c2cccc([N+](=O)[O-])c2)N1c1ccc(Cl)c(Cl)c1. The van der Waals surface area contributed by atoms with Crippen molar-refractivity contribution in [1.29, 1.82) is 0 Å². The highest BCUT2D eigenvalue weighted by Gasteiger charge is 2.34. The third-order valence-corrected chi connectivity index (χ3v) is 5.24. The molecule has 140 valence electrons. The van der Waals surface area contributed by atoms with E-state index in [1.54, 1.807) is 48.5 Å². The van der Waals surface area contributed by atoms with Crippen molar-refractivity contribution in [2.24, 2.45) is 0 Å². The molecule has 0 aromatic heterocycles. The minimum absolute atomic E-state index is 0.0558. The van der Waals surface area contributed by atoms with Crippen LogP contribution >= 0.6 is 23.2 Å². The van der Waals surface area contributed by atoms with Crippen molar-refractivity contribution in [3.8, 4) is 0 Å². The topological polar surface area (TPSA) is 75.5 Å². The van der Waals surface area contributed by atoms with E-state index in [1.165, 1.54) is 17.0 Å². The molecule has 3 aromatic carbocycles. The van der Waals surface area contributed by atoms with Gasteiger partial charge in [0, 0.05) is 29.1 Å². The van der Waals surface area contributed by atoms with Gasteiger partial charge in [-0.1, -0.05) is 47.5 Å². The molecule has 28 heavy (non-hydrogen) atoms. The minimum atomic E-state index is -0.653. The van der Waals surface area contributed by atoms with E-state index >= 15 is 0 Å². The molecule has 0 aliphatic carbocycles. The fourth-order valence-corrected chi connectivity index (χ4v) is 3.49. The molecule has 1 atom stereocenters. The lowest BCUT2D eigenvalue weighted by Crippen LogP contribution is -2.43. The van der Waals surface area contributed by atoms with E-state index in [9.17, 15) is 14.9 Å². The van der Waals surface area contributed by atoms with Gasteiger partial charge >= 0.3 is 0 Å². The predicted octanol–water partition coefficient (Wildman–Crippen LogP) is 5.67. The van der Waals surface area contributed by atoms with Gasteiger partial charge in [0.05, 0.1) is 20.5 Å². The molecule has 0 spiro atoms. The molecule has 4 rings (SSSR count). The van der Waals surface area contributed by atoms with Gasteiger partial charge in [0.2, 0.25) is 0 Å². The third-order valence-electron chi connectivity index (χ3n) is 4.50. The van der Waals surface area contributed by atoms with Gasteiger partial charge < -0.3 is 5.32 Å². The van der Waals surface area contributed by atoms with Crippen LogP contribution in [0, 0.1) is 10.1 Å². The highest BCUT2D eigenvalue weighted by atomic mass is 35.5. The van der Waals surface area contributed by atoms with E-state index in [0.29, 0.717) is 32.5 Å². The average Bonchev–Trinajstić information content (AvgIpc) is 2.70. The first-order valence-electron chi connectivity index (χ1n) is 8.34. The second kappa shape index (κ2) is 7.14. The van der Waals surface area contributed by atoms with Crippen LogP contribution < -0.4 is 10.2 Å². The van der Waals surface area contributed by atoms with Crippen molar-refractivity contribution in [3.05, 3.63) is 98.0 Å². The first-order chi connectivity index (χ1) is 13.5. The molecule has 1 N–H and O–H groups in total. The fraction of sp³-hybridized carbons (Fsp3) is 0.0500. The van der Waals surface area contributed by atoms with Crippen LogP contribution in [0.2, 0.25) is 10.0 Å². The number of amides is 1. The second-order valence-corrected chi connectivity index (χ2v) is 7.03. The lowest BCUT2D eigenvalue weighted by atomic mass is 10.0. The van der Waals surface area contributed by atoms with Crippen LogP contribution in [-0.2, 0) is 0 Å². The van der Waals surface area contributed by atoms with Crippen molar-refractivity contribution in [1.82, 2.24) is 0 Å². The lowest BCUT2D eigenvalue weighted by Gasteiger charge is -2.38. The Hall–Kier alpha value is -3.09. The number of rotatable bonds is 3. The maximum Gasteiger partial charge on any atom is 0.269 e. The number of non-ortho nitro benzene ring substituents is 1. The quantitative estimate of drug-likeness (QED) is 0.443. The Labute approximate surface area is 170 Å². The monoisotopic (exact) mass is 413 g/mol. The van der Waals surface area contributed by atoms with Crippen molar-refractivity contribution >= 4 is 46.2 Å². The second-order valence-electron chi connectivity index (χ2n) is 6.22. The number of hydrogen-bond donors (Lipinski definition) is 1. The Morgan fingerprint density at radius 2 is 1.75 bits per heavy atom. The smallest absolute Gasteiger partial charge is 0.269 e. The molecule has 3 aromatic rings. The number of nitrogens with one attached hydrogen (secondary N) is 1. The number of nitro benzene ring substituents is 1. The molecule has 0 radical (unpaired) electrons. The van der Waals surface area contributed by atoms with E-state index in [-0.39, 0.29) is 11.6 Å². The van der Waals surface area contributed by atoms with Crippen LogP contribution in [0.1, 0.15) is 22.1 Å². The molecule has 8 heteroatoms. The number of hydrogen-bond acceptors (Lipinski definition) is 4. The largest absolute Gasteiger partial charge is 0.360 e. The van der Waals surface area contributed by atoms with Gasteiger partial charge in [-0.25, -0.2) is 0 Å². The van der Waals surface area contributed by atoms with Gasteiger partial charge in [-0.15, -0.1) is 0 Å². The molecule has 1 heterocycles. The van der Waals surface area contributed by atoms with E-state index in [2.05, 4.69) is 5.32 Å². The van der Waals surface area contributed by atoms with Gasteiger partial charge in [-0.3, -0.25) is 19.8 Å². The molecule has 0 saturated carbocycles. The maximum atomic E-state index is 13.3. The number of halogens is 2. The summed E-state index contributed by atoms with van der Waals surface area (Å²) in [6.45, 7) is 0. The van der Waals surface area contributed by atoms with Gasteiger partial charge in [-0.2, -0.15) is 0 Å². The van der Waals surface area contributed by atoms with Gasteiger partial charge in [0.25, 0.3) is 11.6 Å². The molecule has 0 saturated heterocycles. The van der Waals surface area contributed by atoms with Crippen molar-refractivity contribution in [2.75, 3.05) is 10.2 Å². The molecular weight excluding hydrogens is 401 g/mol. The molecule has 1 aliphatic rings. The number of anilines is 2. The molecule has 6 nitrogen and oxygen atoms in total. The summed E-state index contributed by atoms with van der Waals surface area (Å²) in [7, 11) is 0. The molecule has 1 unspecified atom stereocenters. The summed E-state index contributed by atoms with van der Waals surface area (Å²) in [5.74, 6) is -0.246. The Morgan fingerprint density at radius 3 is 2.50 bits per heavy atom. The third kappa shape index (κ3) is 3.17. The lowest BCUT2D eigenvalue weighted by molar-refractivity contribution is -0.384. The normalized spacial score (nSPS) is 15.7. The van der Waals surface area contributed by atoms with Crippen LogP contribution in [0.15, 0.2) is 66.7 Å². The molecule has 0 bridgehead atoms. The van der Waals surface area contributed by atoms with Crippen molar-refractivity contribution in [3.63, 3.8) is 0 Å². The summed E-state index contributed by atoms with van der Waals surface area (Å²) in [5.41, 5.74) is 2.19. The van der Waals surface area contributed by atoms with Crippen LogP contribution in [0.4, 0.5) is 17.1 Å². The number of carbonyl (C=O) groups excluding carboxylic acids is 1. The standard InChI is InChI=1S/C20H13Cl2N3O3/c21-16-9-8-13(11-17(16)22)24-19(12-4-3-5-14(10-12)25(27)28)23-18-7-2-1-6-15(18)20(24)26/h1-11,19,23H. The molecular formula is C20H13Cl2N3O3. The summed E-state index contributed by atoms with van der Waals surface area (Å²) >= 11 is 12.2. The summed E-state index contributed by atoms with van der Waals surface area (Å²) in [5, 5.41) is 15.2. The van der Waals surface area contributed by atoms with Crippen molar-refractivity contribution in [2.45, 2.75) is 6.17 Å². The van der Waals surface area contributed by atoms with E-state index in [1.807, 2.05) is 6.07 Å². The van der Waals surface area contributed by atoms with Crippen LogP contribution in [0.5, 0.6) is 0 Å². The maximum absolute atomic E-state index is 13.3. The Morgan fingerprint density at radius 1 is 0.964 bits per heavy atom. The first-order valence-corrected chi connectivity index (χ1v) is 9.10. The van der Waals surface area contributed by atoms with Gasteiger partial charge in [0.1, 0.15) is 6.17 Å².